The van der Waals surface area contributed by atoms with Crippen molar-refractivity contribution in [3.63, 3.8) is 0 Å². The Balaban J connectivity index is 2.26. The Hall–Kier alpha value is -0.420. The molecule has 1 aromatic rings. The summed E-state index contributed by atoms with van der Waals surface area (Å²) in [6, 6.07) is 8.69. The summed E-state index contributed by atoms with van der Waals surface area (Å²) >= 11 is 3.66. The maximum Gasteiger partial charge on any atom is 0.0510 e. The van der Waals surface area contributed by atoms with E-state index in [9.17, 15) is 5.11 Å². The lowest BCUT2D eigenvalue weighted by Gasteiger charge is -2.41. The van der Waals surface area contributed by atoms with Crippen molar-refractivity contribution in [1.82, 2.24) is 4.90 Å². The Morgan fingerprint density at radius 3 is 2.85 bits per heavy atom. The zero-order valence-electron chi connectivity index (χ0n) is 12.1. The molecule has 0 aliphatic carbocycles. The van der Waals surface area contributed by atoms with E-state index in [0.29, 0.717) is 5.92 Å². The van der Waals surface area contributed by atoms with Crippen LogP contribution in [-0.4, -0.2) is 35.7 Å². The Bertz CT molecular complexity index is 427. The smallest absolute Gasteiger partial charge is 0.0510 e. The first-order valence-electron chi connectivity index (χ1n) is 7.52. The van der Waals surface area contributed by atoms with Crippen LogP contribution in [-0.2, 0) is 0 Å². The van der Waals surface area contributed by atoms with Crippen molar-refractivity contribution in [1.29, 1.82) is 0 Å². The topological polar surface area (TPSA) is 49.5 Å². The fourth-order valence-electron chi connectivity index (χ4n) is 3.14. The molecule has 0 aromatic heterocycles. The first-order valence-corrected chi connectivity index (χ1v) is 8.31. The third kappa shape index (κ3) is 3.61. The van der Waals surface area contributed by atoms with E-state index >= 15 is 0 Å². The average molecular weight is 341 g/mol. The number of likely N-dealkylation sites (tertiary alicyclic amines) is 1. The van der Waals surface area contributed by atoms with Gasteiger partial charge in [0.15, 0.2) is 0 Å². The summed E-state index contributed by atoms with van der Waals surface area (Å²) in [5.74, 6) is 0.387. The number of benzene rings is 1. The fraction of sp³-hybridized carbons (Fsp3) is 0.625. The van der Waals surface area contributed by atoms with Crippen LogP contribution in [0.15, 0.2) is 28.7 Å². The predicted molar refractivity (Wildman–Crippen MR) is 86.5 cm³/mol. The number of aliphatic hydroxyl groups excluding tert-OH is 1. The zero-order valence-corrected chi connectivity index (χ0v) is 13.7. The molecule has 3 nitrogen and oxygen atoms in total. The summed E-state index contributed by atoms with van der Waals surface area (Å²) in [4.78, 5) is 2.46. The van der Waals surface area contributed by atoms with Gasteiger partial charge in [-0.1, -0.05) is 41.1 Å². The van der Waals surface area contributed by atoms with Crippen LogP contribution in [0.2, 0.25) is 0 Å². The average Bonchev–Trinajstić information content (AvgIpc) is 2.49. The molecular formula is C16H25BrN2O. The minimum Gasteiger partial charge on any atom is -0.396 e. The van der Waals surface area contributed by atoms with Crippen molar-refractivity contribution in [3.8, 4) is 0 Å². The van der Waals surface area contributed by atoms with Gasteiger partial charge in [-0.25, -0.2) is 0 Å². The molecule has 4 heteroatoms. The van der Waals surface area contributed by atoms with Gasteiger partial charge < -0.3 is 10.8 Å². The van der Waals surface area contributed by atoms with Gasteiger partial charge in [-0.3, -0.25) is 4.90 Å². The first kappa shape index (κ1) is 16.0. The van der Waals surface area contributed by atoms with Crippen LogP contribution in [0.3, 0.4) is 0 Å². The molecule has 20 heavy (non-hydrogen) atoms. The summed E-state index contributed by atoms with van der Waals surface area (Å²) in [6.07, 6.45) is 3.21. The van der Waals surface area contributed by atoms with Gasteiger partial charge in [0, 0.05) is 23.7 Å². The third-order valence-corrected chi connectivity index (χ3v) is 5.02. The number of nitrogens with two attached hydrogens (primary N) is 1. The second-order valence-electron chi connectivity index (χ2n) is 5.72. The fourth-order valence-corrected chi connectivity index (χ4v) is 3.65. The molecule has 3 N–H and O–H groups in total. The number of hydrogen-bond donors (Lipinski definition) is 2. The molecule has 112 valence electrons. The van der Waals surface area contributed by atoms with Crippen molar-refractivity contribution in [3.05, 3.63) is 34.3 Å². The van der Waals surface area contributed by atoms with Gasteiger partial charge in [0.05, 0.1) is 6.04 Å². The maximum atomic E-state index is 9.44. The second kappa shape index (κ2) is 7.55. The Kier molecular flexibility index (Phi) is 6.02. The largest absolute Gasteiger partial charge is 0.396 e. The predicted octanol–water partition coefficient (Wildman–Crippen LogP) is 2.93. The summed E-state index contributed by atoms with van der Waals surface area (Å²) in [5.41, 5.74) is 7.68. The van der Waals surface area contributed by atoms with E-state index < -0.39 is 0 Å². The van der Waals surface area contributed by atoms with Gasteiger partial charge in [0.25, 0.3) is 0 Å². The van der Waals surface area contributed by atoms with Gasteiger partial charge in [-0.15, -0.1) is 0 Å². The van der Waals surface area contributed by atoms with Crippen molar-refractivity contribution < 1.29 is 5.11 Å². The minimum atomic E-state index is 0.117. The molecular weight excluding hydrogens is 316 g/mol. The minimum absolute atomic E-state index is 0.117. The summed E-state index contributed by atoms with van der Waals surface area (Å²) < 4.78 is 1.13. The molecule has 0 spiro atoms. The van der Waals surface area contributed by atoms with Crippen LogP contribution in [0.1, 0.15) is 37.8 Å². The van der Waals surface area contributed by atoms with Gasteiger partial charge in [-0.2, -0.15) is 0 Å². The zero-order chi connectivity index (χ0) is 14.5. The van der Waals surface area contributed by atoms with Gasteiger partial charge in [0.1, 0.15) is 0 Å². The van der Waals surface area contributed by atoms with E-state index in [-0.39, 0.29) is 18.7 Å². The molecule has 1 aliphatic rings. The third-order valence-electron chi connectivity index (χ3n) is 4.30. The SMILES string of the molecule is CCC(N)C(c1ccccc1Br)N1CCCC(CO)C1. The summed E-state index contributed by atoms with van der Waals surface area (Å²) in [6.45, 7) is 4.43. The molecule has 0 saturated carbocycles. The van der Waals surface area contributed by atoms with Crippen molar-refractivity contribution >= 4 is 15.9 Å². The van der Waals surface area contributed by atoms with Crippen LogP contribution in [0, 0.1) is 5.92 Å². The van der Waals surface area contributed by atoms with E-state index in [0.717, 1.165) is 36.8 Å². The van der Waals surface area contributed by atoms with Gasteiger partial charge >= 0.3 is 0 Å². The van der Waals surface area contributed by atoms with E-state index in [1.54, 1.807) is 0 Å². The highest BCUT2D eigenvalue weighted by atomic mass is 79.9. The number of hydrogen-bond acceptors (Lipinski definition) is 3. The molecule has 3 atom stereocenters. The van der Waals surface area contributed by atoms with Crippen LogP contribution in [0.4, 0.5) is 0 Å². The van der Waals surface area contributed by atoms with Crippen molar-refractivity contribution in [2.24, 2.45) is 11.7 Å². The van der Waals surface area contributed by atoms with E-state index in [1.165, 1.54) is 5.56 Å². The molecule has 0 bridgehead atoms. The maximum absolute atomic E-state index is 9.44. The lowest BCUT2D eigenvalue weighted by atomic mass is 9.91. The highest BCUT2D eigenvalue weighted by Gasteiger charge is 2.30. The molecule has 3 unspecified atom stereocenters. The van der Waals surface area contributed by atoms with Crippen molar-refractivity contribution in [2.45, 2.75) is 38.3 Å². The molecule has 2 rings (SSSR count). The number of halogens is 1. The molecule has 1 aromatic carbocycles. The highest BCUT2D eigenvalue weighted by molar-refractivity contribution is 9.10. The molecule has 1 heterocycles. The lowest BCUT2D eigenvalue weighted by Crippen LogP contribution is -2.46. The Morgan fingerprint density at radius 2 is 2.20 bits per heavy atom. The first-order chi connectivity index (χ1) is 9.67. The molecule has 0 radical (unpaired) electrons. The number of piperidine rings is 1. The van der Waals surface area contributed by atoms with E-state index in [2.05, 4.69) is 46.0 Å². The molecule has 1 saturated heterocycles. The molecule has 1 aliphatic heterocycles. The molecule has 1 fully saturated rings. The van der Waals surface area contributed by atoms with Crippen LogP contribution in [0.5, 0.6) is 0 Å². The number of aliphatic hydroxyl groups is 1. The molecule has 0 amide bonds. The van der Waals surface area contributed by atoms with E-state index in [1.807, 2.05) is 6.07 Å². The van der Waals surface area contributed by atoms with Crippen LogP contribution in [0.25, 0.3) is 0 Å². The Labute approximate surface area is 130 Å². The quantitative estimate of drug-likeness (QED) is 0.866. The standard InChI is InChI=1S/C16H25BrN2O/c1-2-15(18)16(13-7-3-4-8-14(13)17)19-9-5-6-12(10-19)11-20/h3-4,7-8,12,15-16,20H,2,5-6,9-11,18H2,1H3. The van der Waals surface area contributed by atoms with Crippen LogP contribution < -0.4 is 5.73 Å². The normalized spacial score (nSPS) is 23.5. The summed E-state index contributed by atoms with van der Waals surface area (Å²) in [5, 5.41) is 9.44. The van der Waals surface area contributed by atoms with Crippen LogP contribution >= 0.6 is 15.9 Å². The second-order valence-corrected chi connectivity index (χ2v) is 6.58. The number of nitrogens with zero attached hydrogens (tertiary/aromatic N) is 1. The van der Waals surface area contributed by atoms with Crippen molar-refractivity contribution in [2.75, 3.05) is 19.7 Å². The van der Waals surface area contributed by atoms with Gasteiger partial charge in [-0.05, 0) is 43.4 Å². The monoisotopic (exact) mass is 340 g/mol. The number of rotatable bonds is 5. The highest BCUT2D eigenvalue weighted by Crippen LogP contribution is 2.33. The van der Waals surface area contributed by atoms with Gasteiger partial charge in [0.2, 0.25) is 0 Å². The van der Waals surface area contributed by atoms with E-state index in [4.69, 9.17) is 5.73 Å². The lowest BCUT2D eigenvalue weighted by molar-refractivity contribution is 0.0761. The Morgan fingerprint density at radius 1 is 1.45 bits per heavy atom. The summed E-state index contributed by atoms with van der Waals surface area (Å²) in [7, 11) is 0.